The molecule has 2 heterocycles. The summed E-state index contributed by atoms with van der Waals surface area (Å²) < 4.78 is 21.6. The van der Waals surface area contributed by atoms with E-state index in [0.717, 1.165) is 5.56 Å². The summed E-state index contributed by atoms with van der Waals surface area (Å²) in [6.07, 6.45) is -10.9. The van der Waals surface area contributed by atoms with Crippen molar-refractivity contribution in [2.45, 2.75) is 126 Å². The second-order valence-electron chi connectivity index (χ2n) is 14.0. The largest absolute Gasteiger partial charge is 0.388 e. The van der Waals surface area contributed by atoms with Crippen molar-refractivity contribution in [3.05, 3.63) is 35.9 Å². The lowest BCUT2D eigenvalue weighted by molar-refractivity contribution is -0.292. The van der Waals surface area contributed by atoms with Crippen LogP contribution in [0.2, 0.25) is 0 Å². The molecule has 2 saturated heterocycles. The van der Waals surface area contributed by atoms with Gasteiger partial charge in [0.15, 0.2) is 12.6 Å². The zero-order valence-corrected chi connectivity index (χ0v) is 32.3. The molecule has 2 aliphatic heterocycles. The Morgan fingerprint density at radius 1 is 0.702 bits per heavy atom. The molecule has 0 spiro atoms. The van der Waals surface area contributed by atoms with E-state index in [2.05, 4.69) is 21.5 Å². The van der Waals surface area contributed by atoms with Gasteiger partial charge >= 0.3 is 0 Å². The third-order valence-electron chi connectivity index (χ3n) is 9.50. The lowest BCUT2D eigenvalue weighted by Gasteiger charge is -2.38. The van der Waals surface area contributed by atoms with Crippen molar-refractivity contribution in [3.63, 3.8) is 0 Å². The Bertz CT molecular complexity index is 1340. The average Bonchev–Trinajstić information content (AvgIpc) is 3.20. The van der Waals surface area contributed by atoms with Crippen molar-refractivity contribution in [1.29, 1.82) is 0 Å². The number of rotatable bonds is 24. The molecule has 4 amide bonds. The van der Waals surface area contributed by atoms with Crippen molar-refractivity contribution >= 4 is 29.9 Å². The van der Waals surface area contributed by atoms with E-state index in [1.54, 1.807) is 0 Å². The Morgan fingerprint density at radius 3 is 1.68 bits per heavy atom. The van der Waals surface area contributed by atoms with E-state index in [-0.39, 0.29) is 76.9 Å². The fraction of sp³-hybridized carbons (Fsp3) is 0.703. The number of amides is 4. The minimum absolute atomic E-state index is 0.00895. The highest BCUT2D eigenvalue weighted by Gasteiger charge is 2.43. The number of carbonyl (C=O) groups is 5. The maximum atomic E-state index is 13.2. The summed E-state index contributed by atoms with van der Waals surface area (Å²) in [5.41, 5.74) is 6.16. The van der Waals surface area contributed by atoms with Gasteiger partial charge in [-0.1, -0.05) is 30.3 Å². The van der Waals surface area contributed by atoms with Gasteiger partial charge in [0.2, 0.25) is 23.6 Å². The Labute approximate surface area is 331 Å². The van der Waals surface area contributed by atoms with Crippen LogP contribution in [0.15, 0.2) is 30.3 Å². The molecule has 1 aromatic rings. The molecule has 0 aliphatic carbocycles. The summed E-state index contributed by atoms with van der Waals surface area (Å²) in [4.78, 5) is 63.8. The van der Waals surface area contributed by atoms with Crippen LogP contribution in [0.5, 0.6) is 0 Å². The molecule has 20 nitrogen and oxygen atoms in total. The van der Waals surface area contributed by atoms with Gasteiger partial charge in [0.1, 0.15) is 42.9 Å². The van der Waals surface area contributed by atoms with E-state index in [0.29, 0.717) is 25.5 Å². The normalized spacial score (nSPS) is 27.9. The maximum Gasteiger partial charge on any atom is 0.234 e. The van der Waals surface area contributed by atoms with Crippen LogP contribution in [-0.4, -0.2) is 172 Å². The molecule has 2 aliphatic rings. The molecule has 57 heavy (non-hydrogen) atoms. The van der Waals surface area contributed by atoms with Crippen molar-refractivity contribution in [2.24, 2.45) is 0 Å². The van der Waals surface area contributed by atoms with Crippen LogP contribution in [0.4, 0.5) is 0 Å². The minimum atomic E-state index is -1.49. The minimum Gasteiger partial charge on any atom is -0.388 e. The standard InChI is InChI=1S/C37H59N5O15/c1-22-30(48)32(50)34(52)36(56-22)54-18-14-38-26(44)12-16-42(17-13-27(45)39-15-19-55-37-35(53)33(51)31(49)23(2)57-37)29(47)11-7-6-10-28(46)41-40-25(21-43)20-24-8-4-3-5-9-24/h3-5,8-9,21-23,25,30-37,40,48-53H,6-7,10-20H2,1-2H3,(H,38,44)(H,39,45)(H,41,46)/t22-,23-,25-,30+,31+,32+,33+,34-,35-,36+,37+/m0/s1. The van der Waals surface area contributed by atoms with E-state index in [9.17, 15) is 54.6 Å². The van der Waals surface area contributed by atoms with Gasteiger partial charge in [-0.25, -0.2) is 5.43 Å². The van der Waals surface area contributed by atoms with Gasteiger partial charge < -0.3 is 69.9 Å². The Hall–Kier alpha value is -3.67. The predicted molar refractivity (Wildman–Crippen MR) is 198 cm³/mol. The molecular weight excluding hydrogens is 754 g/mol. The van der Waals surface area contributed by atoms with Gasteiger partial charge in [-0.05, 0) is 38.7 Å². The van der Waals surface area contributed by atoms with Crippen LogP contribution in [0.3, 0.4) is 0 Å². The van der Waals surface area contributed by atoms with Crippen LogP contribution in [0.1, 0.15) is 57.9 Å². The lowest BCUT2D eigenvalue weighted by atomic mass is 10.0. The summed E-state index contributed by atoms with van der Waals surface area (Å²) in [7, 11) is 0. The molecule has 0 bridgehead atoms. The number of ether oxygens (including phenoxy) is 4. The van der Waals surface area contributed by atoms with E-state index in [4.69, 9.17) is 18.9 Å². The number of hydrazine groups is 1. The van der Waals surface area contributed by atoms with Crippen LogP contribution in [0, 0.1) is 0 Å². The molecule has 20 heteroatoms. The number of aliphatic hydroxyl groups excluding tert-OH is 6. The first-order valence-electron chi connectivity index (χ1n) is 19.2. The first-order valence-corrected chi connectivity index (χ1v) is 19.2. The van der Waals surface area contributed by atoms with Gasteiger partial charge in [-0.2, -0.15) is 0 Å². The van der Waals surface area contributed by atoms with Gasteiger partial charge in [0, 0.05) is 51.9 Å². The van der Waals surface area contributed by atoms with Crippen LogP contribution < -0.4 is 21.5 Å². The number of nitrogens with one attached hydrogen (secondary N) is 4. The van der Waals surface area contributed by atoms with Gasteiger partial charge in [0.25, 0.3) is 0 Å². The first-order chi connectivity index (χ1) is 27.2. The number of aliphatic hydroxyl groups is 6. The van der Waals surface area contributed by atoms with Crippen LogP contribution in [0.25, 0.3) is 0 Å². The SMILES string of the molecule is C[C@@H]1O[C@@H](OCCNC(=O)CCN(CCC(=O)NCCO[C@@H]2O[C@@H](C)[C@@H](O)[C@@H](O)[C@@H]2O)C(=O)CCCCC(=O)NN[C@H](C=O)Cc2ccccc2)[C@@H](O)[C@H](O)[C@@H]1O. The van der Waals surface area contributed by atoms with Gasteiger partial charge in [0.05, 0.1) is 31.5 Å². The van der Waals surface area contributed by atoms with E-state index < -0.39 is 79.3 Å². The summed E-state index contributed by atoms with van der Waals surface area (Å²) in [6, 6.07) is 8.68. The monoisotopic (exact) mass is 813 g/mol. The molecule has 0 aromatic heterocycles. The second kappa shape index (κ2) is 25.0. The van der Waals surface area contributed by atoms with Crippen LogP contribution in [-0.2, 0) is 49.3 Å². The smallest absolute Gasteiger partial charge is 0.234 e. The highest BCUT2D eigenvalue weighted by molar-refractivity contribution is 5.80. The van der Waals surface area contributed by atoms with Crippen molar-refractivity contribution in [1.82, 2.24) is 26.4 Å². The summed E-state index contributed by atoms with van der Waals surface area (Å²) in [6.45, 7) is 2.80. The topological polar surface area (TPSA) is 295 Å². The number of benzene rings is 1. The number of carbonyl (C=O) groups excluding carboxylic acids is 5. The van der Waals surface area contributed by atoms with Crippen molar-refractivity contribution in [3.8, 4) is 0 Å². The van der Waals surface area contributed by atoms with Crippen molar-refractivity contribution in [2.75, 3.05) is 39.4 Å². The number of aldehydes is 1. The van der Waals surface area contributed by atoms with Gasteiger partial charge in [-0.3, -0.25) is 24.6 Å². The third kappa shape index (κ3) is 16.2. The zero-order valence-electron chi connectivity index (χ0n) is 32.3. The van der Waals surface area contributed by atoms with E-state index in [1.165, 1.54) is 18.7 Å². The third-order valence-corrected chi connectivity index (χ3v) is 9.50. The molecule has 0 saturated carbocycles. The fourth-order valence-corrected chi connectivity index (χ4v) is 6.00. The zero-order chi connectivity index (χ0) is 41.9. The van der Waals surface area contributed by atoms with Gasteiger partial charge in [-0.15, -0.1) is 0 Å². The Morgan fingerprint density at radius 2 is 1.19 bits per heavy atom. The molecule has 0 radical (unpaired) electrons. The molecule has 1 aromatic carbocycles. The molecule has 2 fully saturated rings. The van der Waals surface area contributed by atoms with Crippen LogP contribution >= 0.6 is 0 Å². The molecule has 3 rings (SSSR count). The predicted octanol–water partition coefficient (Wildman–Crippen LogP) is -3.49. The number of hydrogen-bond donors (Lipinski definition) is 10. The highest BCUT2D eigenvalue weighted by atomic mass is 16.7. The highest BCUT2D eigenvalue weighted by Crippen LogP contribution is 2.22. The molecule has 322 valence electrons. The van der Waals surface area contributed by atoms with E-state index in [1.807, 2.05) is 30.3 Å². The first kappa shape index (κ1) is 47.7. The quantitative estimate of drug-likeness (QED) is 0.0275. The summed E-state index contributed by atoms with van der Waals surface area (Å²) in [5, 5.41) is 65.0. The Kier molecular flexibility index (Phi) is 20.9. The maximum absolute atomic E-state index is 13.2. The molecule has 11 atom stereocenters. The van der Waals surface area contributed by atoms with E-state index >= 15 is 0 Å². The fourth-order valence-electron chi connectivity index (χ4n) is 6.00. The lowest BCUT2D eigenvalue weighted by Crippen LogP contribution is -2.57. The Balaban J connectivity index is 1.42. The number of nitrogens with zero attached hydrogens (tertiary/aromatic N) is 1. The molecular formula is C37H59N5O15. The molecule has 10 N–H and O–H groups in total. The number of unbranched alkanes of at least 4 members (excludes halogenated alkanes) is 1. The number of hydrogen-bond acceptors (Lipinski definition) is 16. The summed E-state index contributed by atoms with van der Waals surface area (Å²) >= 11 is 0. The van der Waals surface area contributed by atoms with Crippen molar-refractivity contribution < 1.29 is 73.6 Å². The second-order valence-corrected chi connectivity index (χ2v) is 14.0. The average molecular weight is 814 g/mol. The summed E-state index contributed by atoms with van der Waals surface area (Å²) in [5.74, 6) is -1.57. The molecule has 0 unspecified atom stereocenters.